The van der Waals surface area contributed by atoms with Crippen LogP contribution in [0.25, 0.3) is 0 Å². The van der Waals surface area contributed by atoms with Gasteiger partial charge in [-0.15, -0.1) is 4.40 Å². The number of carbonyl (C=O) groups excluding carboxylic acids is 2. The van der Waals surface area contributed by atoms with Gasteiger partial charge in [-0.1, -0.05) is 13.8 Å². The van der Waals surface area contributed by atoms with Crippen molar-refractivity contribution in [3.05, 3.63) is 23.9 Å². The van der Waals surface area contributed by atoms with E-state index in [0.29, 0.717) is 11.4 Å². The third-order valence-corrected chi connectivity index (χ3v) is 5.24. The molecule has 156 valence electrons. The summed E-state index contributed by atoms with van der Waals surface area (Å²) in [6.07, 6.45) is 4.07. The van der Waals surface area contributed by atoms with Gasteiger partial charge in [0.2, 0.25) is 0 Å². The minimum atomic E-state index is -3.43. The zero-order valence-electron chi connectivity index (χ0n) is 16.9. The van der Waals surface area contributed by atoms with Crippen molar-refractivity contribution in [1.82, 2.24) is 15.5 Å². The maximum atomic E-state index is 12.5. The Morgan fingerprint density at radius 2 is 1.96 bits per heavy atom. The highest BCUT2D eigenvalue weighted by Crippen LogP contribution is 2.16. The predicted molar refractivity (Wildman–Crippen MR) is 106 cm³/mol. The Balaban J connectivity index is 1.96. The second kappa shape index (κ2) is 8.34. The number of rotatable bonds is 5. The van der Waals surface area contributed by atoms with Crippen LogP contribution in [0.2, 0.25) is 0 Å². The molecular weight excluding hydrogens is 384 g/mol. The van der Waals surface area contributed by atoms with E-state index >= 15 is 0 Å². The van der Waals surface area contributed by atoms with E-state index in [1.807, 2.05) is 13.8 Å². The van der Waals surface area contributed by atoms with Crippen LogP contribution >= 0.6 is 0 Å². The number of amides is 2. The molecule has 1 atom stereocenters. The van der Waals surface area contributed by atoms with Gasteiger partial charge in [0.15, 0.2) is 0 Å². The molecular formula is C18H28N4O5S. The van der Waals surface area contributed by atoms with Gasteiger partial charge < -0.3 is 20.3 Å². The van der Waals surface area contributed by atoms with Gasteiger partial charge in [-0.25, -0.2) is 13.2 Å². The van der Waals surface area contributed by atoms with Gasteiger partial charge in [0.1, 0.15) is 11.4 Å². The third-order valence-electron chi connectivity index (χ3n) is 4.08. The molecule has 2 aliphatic heterocycles. The van der Waals surface area contributed by atoms with Crippen LogP contribution in [0.5, 0.6) is 0 Å². The molecule has 0 radical (unpaired) electrons. The van der Waals surface area contributed by atoms with Crippen molar-refractivity contribution in [2.75, 3.05) is 18.8 Å². The van der Waals surface area contributed by atoms with Gasteiger partial charge in [0.25, 0.3) is 15.9 Å². The Morgan fingerprint density at radius 3 is 2.57 bits per heavy atom. The van der Waals surface area contributed by atoms with E-state index in [1.54, 1.807) is 31.9 Å². The summed E-state index contributed by atoms with van der Waals surface area (Å²) in [7, 11) is -3.43. The minimum Gasteiger partial charge on any atom is -0.444 e. The number of carbonyl (C=O) groups is 2. The summed E-state index contributed by atoms with van der Waals surface area (Å²) in [5, 5.41) is 5.58. The fourth-order valence-electron chi connectivity index (χ4n) is 2.55. The highest BCUT2D eigenvalue weighted by atomic mass is 32.2. The van der Waals surface area contributed by atoms with Gasteiger partial charge in [-0.3, -0.25) is 4.79 Å². The lowest BCUT2D eigenvalue weighted by atomic mass is 10.0. The molecule has 0 spiro atoms. The second-order valence-corrected chi connectivity index (χ2v) is 9.81. The molecule has 0 bridgehead atoms. The Hall–Kier alpha value is -2.36. The average Bonchev–Trinajstić information content (AvgIpc) is 2.55. The standard InChI is InChI=1S/C18H28N4O5S/c1-12(2)14(20-17(24)27-18(3,4)5)10-19-16(23)13-6-7-15-21-28(25,26)9-8-22(15)11-13/h6-7,11-12,14H,8-10H2,1-5H3,(H,19,23)(H,20,24). The average molecular weight is 413 g/mol. The lowest BCUT2D eigenvalue weighted by molar-refractivity contribution is -0.117. The van der Waals surface area contributed by atoms with E-state index < -0.39 is 21.7 Å². The van der Waals surface area contributed by atoms with Crippen LogP contribution in [0, 0.1) is 5.92 Å². The largest absolute Gasteiger partial charge is 0.444 e. The molecule has 0 aromatic carbocycles. The van der Waals surface area contributed by atoms with Gasteiger partial charge in [-0.2, -0.15) is 0 Å². The molecule has 0 aromatic heterocycles. The Labute approximate surface area is 166 Å². The molecule has 9 nitrogen and oxygen atoms in total. The highest BCUT2D eigenvalue weighted by molar-refractivity contribution is 7.90. The van der Waals surface area contributed by atoms with Crippen LogP contribution in [-0.2, 0) is 19.6 Å². The van der Waals surface area contributed by atoms with Crippen molar-refractivity contribution in [1.29, 1.82) is 0 Å². The van der Waals surface area contributed by atoms with Gasteiger partial charge in [0, 0.05) is 19.3 Å². The van der Waals surface area contributed by atoms with E-state index in [1.165, 1.54) is 12.2 Å². The molecule has 2 rings (SSSR count). The highest BCUT2D eigenvalue weighted by Gasteiger charge is 2.26. The molecule has 2 aliphatic rings. The summed E-state index contributed by atoms with van der Waals surface area (Å²) < 4.78 is 32.0. The molecule has 0 aliphatic carbocycles. The van der Waals surface area contributed by atoms with Crippen molar-refractivity contribution in [2.45, 2.75) is 46.3 Å². The van der Waals surface area contributed by atoms with Crippen molar-refractivity contribution in [2.24, 2.45) is 10.3 Å². The second-order valence-electron chi connectivity index (χ2n) is 8.05. The van der Waals surface area contributed by atoms with Crippen LogP contribution in [0.3, 0.4) is 0 Å². The van der Waals surface area contributed by atoms with E-state index in [9.17, 15) is 18.0 Å². The van der Waals surface area contributed by atoms with Crippen molar-refractivity contribution in [3.63, 3.8) is 0 Å². The van der Waals surface area contributed by atoms with Gasteiger partial charge in [0.05, 0.1) is 17.4 Å². The number of amidine groups is 1. The zero-order chi connectivity index (χ0) is 21.1. The molecule has 10 heteroatoms. The Morgan fingerprint density at radius 1 is 1.29 bits per heavy atom. The van der Waals surface area contributed by atoms with Crippen LogP contribution in [0.1, 0.15) is 34.6 Å². The predicted octanol–water partition coefficient (Wildman–Crippen LogP) is 1.15. The molecule has 0 saturated heterocycles. The molecule has 28 heavy (non-hydrogen) atoms. The number of sulfonamides is 1. The lowest BCUT2D eigenvalue weighted by Crippen LogP contribution is -2.48. The first-order valence-corrected chi connectivity index (χ1v) is 10.7. The first-order chi connectivity index (χ1) is 12.9. The molecule has 0 aromatic rings. The van der Waals surface area contributed by atoms with E-state index in [4.69, 9.17) is 4.74 Å². The lowest BCUT2D eigenvalue weighted by Gasteiger charge is -2.28. The fourth-order valence-corrected chi connectivity index (χ4v) is 3.52. The summed E-state index contributed by atoms with van der Waals surface area (Å²) in [5.41, 5.74) is -0.216. The van der Waals surface area contributed by atoms with Crippen LogP contribution in [-0.4, -0.2) is 61.6 Å². The van der Waals surface area contributed by atoms with Crippen LogP contribution in [0.4, 0.5) is 4.79 Å². The van der Waals surface area contributed by atoms with Crippen molar-refractivity contribution in [3.8, 4) is 0 Å². The minimum absolute atomic E-state index is 0.0785. The maximum absolute atomic E-state index is 12.5. The molecule has 1 unspecified atom stereocenters. The van der Waals surface area contributed by atoms with E-state index in [-0.39, 0.29) is 36.7 Å². The zero-order valence-corrected chi connectivity index (χ0v) is 17.7. The number of hydrogen-bond donors (Lipinski definition) is 2. The monoisotopic (exact) mass is 412 g/mol. The van der Waals surface area contributed by atoms with E-state index in [2.05, 4.69) is 15.0 Å². The number of alkyl carbamates (subject to hydrolysis) is 1. The number of fused-ring (bicyclic) bond motifs is 1. The van der Waals surface area contributed by atoms with Crippen molar-refractivity contribution < 1.29 is 22.7 Å². The normalized spacial score (nSPS) is 19.3. The van der Waals surface area contributed by atoms with E-state index in [0.717, 1.165) is 0 Å². The first kappa shape index (κ1) is 21.9. The summed E-state index contributed by atoms with van der Waals surface area (Å²) >= 11 is 0. The van der Waals surface area contributed by atoms with Crippen molar-refractivity contribution >= 4 is 27.9 Å². The number of nitrogens with zero attached hydrogens (tertiary/aromatic N) is 2. The van der Waals surface area contributed by atoms with Crippen LogP contribution < -0.4 is 10.6 Å². The summed E-state index contributed by atoms with van der Waals surface area (Å²) in [5.74, 6) is -0.0325. The molecule has 0 saturated carbocycles. The molecule has 2 amide bonds. The smallest absolute Gasteiger partial charge is 0.407 e. The Kier molecular flexibility index (Phi) is 6.53. The summed E-state index contributed by atoms with van der Waals surface area (Å²) in [6, 6.07) is -0.302. The number of nitrogens with one attached hydrogen (secondary N) is 2. The maximum Gasteiger partial charge on any atom is 0.407 e. The molecule has 0 fully saturated rings. The molecule has 2 N–H and O–H groups in total. The Bertz CT molecular complexity index is 821. The quantitative estimate of drug-likeness (QED) is 0.700. The van der Waals surface area contributed by atoms with Gasteiger partial charge >= 0.3 is 6.09 Å². The molecule has 2 heterocycles. The summed E-state index contributed by atoms with van der Waals surface area (Å²) in [4.78, 5) is 26.1. The SMILES string of the molecule is CC(C)C(CNC(=O)C1=CN2CCS(=O)(=O)N=C2C=C1)NC(=O)OC(C)(C)C. The van der Waals surface area contributed by atoms with Gasteiger partial charge in [-0.05, 0) is 38.8 Å². The third kappa shape index (κ3) is 6.36. The summed E-state index contributed by atoms with van der Waals surface area (Å²) in [6.45, 7) is 9.70. The fraction of sp³-hybridized carbons (Fsp3) is 0.611. The number of hydrogen-bond acceptors (Lipinski definition) is 6. The van der Waals surface area contributed by atoms with Crippen LogP contribution in [0.15, 0.2) is 28.3 Å². The topological polar surface area (TPSA) is 117 Å². The number of ether oxygens (including phenoxy) is 1. The first-order valence-electron chi connectivity index (χ1n) is 9.13.